The number of carboxylic acids is 1. The van der Waals surface area contributed by atoms with Crippen LogP contribution in [0.15, 0.2) is 95.9 Å². The maximum absolute atomic E-state index is 13.3. The minimum atomic E-state index is -1.26. The van der Waals surface area contributed by atoms with Crippen LogP contribution in [0.5, 0.6) is 0 Å². The van der Waals surface area contributed by atoms with Crippen molar-refractivity contribution in [3.8, 4) is 11.1 Å². The number of nitrogens with zero attached hydrogens (tertiary/aromatic N) is 1. The Kier molecular flexibility index (Phi) is 8.34. The van der Waals surface area contributed by atoms with Gasteiger partial charge in [0.25, 0.3) is 11.6 Å². The molecule has 0 aliphatic heterocycles. The van der Waals surface area contributed by atoms with Crippen molar-refractivity contribution in [1.29, 1.82) is 0 Å². The highest BCUT2D eigenvalue weighted by molar-refractivity contribution is 7.99. The number of hydrogen-bond donors (Lipinski definition) is 3. The van der Waals surface area contributed by atoms with Gasteiger partial charge in [-0.1, -0.05) is 36.4 Å². The van der Waals surface area contributed by atoms with Gasteiger partial charge in [-0.2, -0.15) is 0 Å². The highest BCUT2D eigenvalue weighted by Crippen LogP contribution is 2.29. The van der Waals surface area contributed by atoms with E-state index in [-0.39, 0.29) is 28.2 Å². The maximum atomic E-state index is 13.3. The number of aromatic carboxylic acids is 1. The summed E-state index contributed by atoms with van der Waals surface area (Å²) in [5, 5.41) is 26.9. The molecule has 0 aliphatic carbocycles. The number of nitro groups is 1. The van der Waals surface area contributed by atoms with Crippen molar-refractivity contribution >= 4 is 40.7 Å². The first-order chi connectivity index (χ1) is 18.3. The zero-order valence-corrected chi connectivity index (χ0v) is 20.7. The van der Waals surface area contributed by atoms with Crippen LogP contribution in [0, 0.1) is 15.9 Å². The van der Waals surface area contributed by atoms with Crippen molar-refractivity contribution in [3.05, 3.63) is 118 Å². The molecule has 0 spiro atoms. The first-order valence-corrected chi connectivity index (χ1v) is 12.4. The van der Waals surface area contributed by atoms with Crippen molar-refractivity contribution in [2.75, 3.05) is 22.9 Å². The Labute approximate surface area is 221 Å². The molecule has 1 amide bonds. The van der Waals surface area contributed by atoms with Crippen LogP contribution in [-0.4, -0.2) is 34.2 Å². The lowest BCUT2D eigenvalue weighted by Gasteiger charge is -2.12. The molecular weight excluding hydrogens is 509 g/mol. The van der Waals surface area contributed by atoms with Crippen molar-refractivity contribution in [1.82, 2.24) is 0 Å². The predicted molar refractivity (Wildman–Crippen MR) is 146 cm³/mol. The fourth-order valence-corrected chi connectivity index (χ4v) is 4.48. The van der Waals surface area contributed by atoms with Gasteiger partial charge in [0.15, 0.2) is 0 Å². The van der Waals surface area contributed by atoms with E-state index in [4.69, 9.17) is 0 Å². The van der Waals surface area contributed by atoms with Crippen LogP contribution < -0.4 is 10.6 Å². The topological polar surface area (TPSA) is 122 Å². The molecule has 0 atom stereocenters. The number of hydrogen-bond acceptors (Lipinski definition) is 6. The molecule has 0 aromatic heterocycles. The summed E-state index contributed by atoms with van der Waals surface area (Å²) < 4.78 is 13.3. The summed E-state index contributed by atoms with van der Waals surface area (Å²) in [5.41, 5.74) is 1.01. The molecule has 0 saturated heterocycles. The zero-order valence-electron chi connectivity index (χ0n) is 19.9. The normalized spacial score (nSPS) is 10.6. The van der Waals surface area contributed by atoms with E-state index >= 15 is 0 Å². The van der Waals surface area contributed by atoms with Gasteiger partial charge >= 0.3 is 5.97 Å². The minimum Gasteiger partial charge on any atom is -0.478 e. The molecular formula is C28H22FN3O5S. The number of nitrogens with one attached hydrogen (secondary N) is 2. The summed E-state index contributed by atoms with van der Waals surface area (Å²) in [7, 11) is 0. The Morgan fingerprint density at radius 2 is 1.61 bits per heavy atom. The largest absolute Gasteiger partial charge is 0.478 e. The van der Waals surface area contributed by atoms with E-state index in [9.17, 15) is 29.2 Å². The second-order valence-corrected chi connectivity index (χ2v) is 9.27. The average molecular weight is 532 g/mol. The Hall–Kier alpha value is -4.70. The van der Waals surface area contributed by atoms with Gasteiger partial charge in [0.05, 0.1) is 16.2 Å². The Balaban J connectivity index is 1.51. The fourth-order valence-electron chi connectivity index (χ4n) is 3.70. The summed E-state index contributed by atoms with van der Waals surface area (Å²) in [6.07, 6.45) is 0. The summed E-state index contributed by atoms with van der Waals surface area (Å²) in [6, 6.07) is 23.7. The molecule has 0 radical (unpaired) electrons. The Morgan fingerprint density at radius 3 is 2.29 bits per heavy atom. The van der Waals surface area contributed by atoms with Gasteiger partial charge < -0.3 is 15.7 Å². The number of benzene rings is 4. The monoisotopic (exact) mass is 531 g/mol. The van der Waals surface area contributed by atoms with Crippen LogP contribution >= 0.6 is 11.8 Å². The maximum Gasteiger partial charge on any atom is 0.337 e. The van der Waals surface area contributed by atoms with Crippen LogP contribution in [0.4, 0.5) is 21.5 Å². The summed E-state index contributed by atoms with van der Waals surface area (Å²) in [4.78, 5) is 36.9. The van der Waals surface area contributed by atoms with Gasteiger partial charge in [0.1, 0.15) is 11.5 Å². The quantitative estimate of drug-likeness (QED) is 0.0917. The number of thioether (sulfide) groups is 1. The van der Waals surface area contributed by atoms with Crippen molar-refractivity contribution in [2.45, 2.75) is 4.90 Å². The van der Waals surface area contributed by atoms with E-state index in [1.165, 1.54) is 48.5 Å². The number of anilines is 2. The lowest BCUT2D eigenvalue weighted by atomic mass is 10.0. The van der Waals surface area contributed by atoms with E-state index in [0.717, 1.165) is 11.0 Å². The second kappa shape index (κ2) is 12.0. The van der Waals surface area contributed by atoms with Crippen LogP contribution in [-0.2, 0) is 0 Å². The molecule has 4 rings (SSSR count). The molecule has 0 fully saturated rings. The first kappa shape index (κ1) is 26.4. The molecule has 10 heteroatoms. The predicted octanol–water partition coefficient (Wildman–Crippen LogP) is 6.56. The summed E-state index contributed by atoms with van der Waals surface area (Å²) in [6.45, 7) is 0.462. The number of carbonyl (C=O) groups is 2. The van der Waals surface area contributed by atoms with Gasteiger partial charge in [-0.15, -0.1) is 11.8 Å². The van der Waals surface area contributed by atoms with E-state index in [2.05, 4.69) is 10.6 Å². The van der Waals surface area contributed by atoms with Crippen LogP contribution in [0.1, 0.15) is 20.7 Å². The summed E-state index contributed by atoms with van der Waals surface area (Å²) >= 11 is 1.60. The second-order valence-electron chi connectivity index (χ2n) is 8.10. The van der Waals surface area contributed by atoms with Crippen LogP contribution in [0.2, 0.25) is 0 Å². The van der Waals surface area contributed by atoms with Gasteiger partial charge in [-0.3, -0.25) is 14.9 Å². The molecule has 0 bridgehead atoms. The molecule has 192 valence electrons. The molecule has 4 aromatic rings. The Morgan fingerprint density at radius 1 is 0.895 bits per heavy atom. The van der Waals surface area contributed by atoms with E-state index in [1.807, 2.05) is 30.3 Å². The molecule has 4 aromatic carbocycles. The van der Waals surface area contributed by atoms with E-state index in [0.29, 0.717) is 23.4 Å². The number of amides is 1. The fraction of sp³-hybridized carbons (Fsp3) is 0.0714. The third-order valence-electron chi connectivity index (χ3n) is 5.56. The number of rotatable bonds is 10. The number of carbonyl (C=O) groups excluding carboxylic acids is 1. The standard InChI is InChI=1S/C28H22FN3O5S/c29-21-10-6-18(7-11-21)19-8-12-23(28(34)35)25(16-19)31-27(33)20-9-13-24(26(17-20)32(36)37)30-14-15-38-22-4-2-1-3-5-22/h1-13,16-17,30H,14-15H2,(H,31,33)(H,34,35). The Bertz CT molecular complexity index is 1480. The number of carboxylic acid groups (broad SMARTS) is 1. The number of halogens is 1. The van der Waals surface area contributed by atoms with Crippen LogP contribution in [0.25, 0.3) is 11.1 Å². The average Bonchev–Trinajstić information content (AvgIpc) is 2.92. The first-order valence-electron chi connectivity index (χ1n) is 11.5. The molecule has 0 saturated carbocycles. The third-order valence-corrected chi connectivity index (χ3v) is 6.58. The van der Waals surface area contributed by atoms with Gasteiger partial charge in [-0.25, -0.2) is 9.18 Å². The molecule has 8 nitrogen and oxygen atoms in total. The van der Waals surface area contributed by atoms with Gasteiger partial charge in [0, 0.05) is 28.8 Å². The molecule has 0 aliphatic rings. The minimum absolute atomic E-state index is 0.00659. The van der Waals surface area contributed by atoms with Gasteiger partial charge in [0.2, 0.25) is 0 Å². The van der Waals surface area contributed by atoms with Crippen molar-refractivity contribution in [3.63, 3.8) is 0 Å². The number of nitro benzene ring substituents is 1. The SMILES string of the molecule is O=C(Nc1cc(-c2ccc(F)cc2)ccc1C(=O)O)c1ccc(NCCSc2ccccc2)c([N+](=O)[O-])c1. The van der Waals surface area contributed by atoms with Crippen molar-refractivity contribution in [2.24, 2.45) is 0 Å². The van der Waals surface area contributed by atoms with E-state index < -0.39 is 22.6 Å². The highest BCUT2D eigenvalue weighted by atomic mass is 32.2. The molecule has 3 N–H and O–H groups in total. The molecule has 0 unspecified atom stereocenters. The third kappa shape index (κ3) is 6.54. The molecule has 38 heavy (non-hydrogen) atoms. The van der Waals surface area contributed by atoms with Crippen LogP contribution in [0.3, 0.4) is 0 Å². The smallest absolute Gasteiger partial charge is 0.337 e. The zero-order chi connectivity index (χ0) is 27.1. The molecule has 0 heterocycles. The lowest BCUT2D eigenvalue weighted by molar-refractivity contribution is -0.384. The highest BCUT2D eigenvalue weighted by Gasteiger charge is 2.20. The summed E-state index contributed by atoms with van der Waals surface area (Å²) in [5.74, 6) is -1.71. The lowest BCUT2D eigenvalue weighted by Crippen LogP contribution is -2.15. The van der Waals surface area contributed by atoms with Gasteiger partial charge in [-0.05, 0) is 59.7 Å². The van der Waals surface area contributed by atoms with Crippen molar-refractivity contribution < 1.29 is 24.0 Å². The van der Waals surface area contributed by atoms with E-state index in [1.54, 1.807) is 17.8 Å².